The van der Waals surface area contributed by atoms with Crippen molar-refractivity contribution in [1.82, 2.24) is 20.5 Å². The number of rotatable bonds is 7. The van der Waals surface area contributed by atoms with Gasteiger partial charge in [-0.05, 0) is 63.7 Å². The first-order chi connectivity index (χ1) is 14.0. The van der Waals surface area contributed by atoms with Gasteiger partial charge in [0.05, 0.1) is 12.2 Å². The number of guanidine groups is 1. The lowest BCUT2D eigenvalue weighted by Gasteiger charge is -2.31. The molecule has 0 aliphatic carbocycles. The van der Waals surface area contributed by atoms with Crippen molar-refractivity contribution in [3.8, 4) is 0 Å². The summed E-state index contributed by atoms with van der Waals surface area (Å²) in [6.45, 7) is 8.36. The van der Waals surface area contributed by atoms with Crippen LogP contribution in [-0.4, -0.2) is 49.1 Å². The van der Waals surface area contributed by atoms with E-state index in [1.807, 2.05) is 26.0 Å². The lowest BCUT2D eigenvalue weighted by Crippen LogP contribution is -2.43. The molecule has 0 bridgehead atoms. The second-order valence-corrected chi connectivity index (χ2v) is 7.69. The van der Waals surface area contributed by atoms with Crippen LogP contribution in [0, 0.1) is 25.6 Å². The van der Waals surface area contributed by atoms with Crippen LogP contribution in [0.4, 0.5) is 4.39 Å². The molecule has 1 fully saturated rings. The summed E-state index contributed by atoms with van der Waals surface area (Å²) in [5, 5.41) is 6.69. The molecule has 158 valence electrons. The molecule has 1 aromatic carbocycles. The third kappa shape index (κ3) is 6.29. The average Bonchev–Trinajstić information content (AvgIpc) is 3.04. The molecule has 1 aliphatic rings. The Balaban J connectivity index is 1.34. The topological polar surface area (TPSA) is 65.7 Å². The maximum atomic E-state index is 13.7. The van der Waals surface area contributed by atoms with Gasteiger partial charge in [0, 0.05) is 20.1 Å². The van der Waals surface area contributed by atoms with E-state index in [4.69, 9.17) is 4.42 Å². The Kier molecular flexibility index (Phi) is 7.63. The number of halogens is 1. The van der Waals surface area contributed by atoms with Gasteiger partial charge in [0.15, 0.2) is 5.96 Å². The molecular formula is C22H32FN5O. The highest BCUT2D eigenvalue weighted by Gasteiger charge is 2.21. The number of hydrogen-bond donors (Lipinski definition) is 2. The van der Waals surface area contributed by atoms with E-state index in [1.54, 1.807) is 13.1 Å². The van der Waals surface area contributed by atoms with Crippen molar-refractivity contribution in [3.05, 3.63) is 53.0 Å². The molecular weight excluding hydrogens is 369 g/mol. The second kappa shape index (κ2) is 10.4. The van der Waals surface area contributed by atoms with Gasteiger partial charge in [0.25, 0.3) is 0 Å². The number of likely N-dealkylation sites (tertiary alicyclic amines) is 1. The molecule has 3 rings (SSSR count). The summed E-state index contributed by atoms with van der Waals surface area (Å²) < 4.78 is 19.4. The predicted molar refractivity (Wildman–Crippen MR) is 113 cm³/mol. The van der Waals surface area contributed by atoms with Crippen LogP contribution in [-0.2, 0) is 13.0 Å². The Morgan fingerprint density at radius 1 is 1.24 bits per heavy atom. The summed E-state index contributed by atoms with van der Waals surface area (Å²) >= 11 is 0. The smallest absolute Gasteiger partial charge is 0.208 e. The number of piperidine rings is 1. The maximum Gasteiger partial charge on any atom is 0.208 e. The van der Waals surface area contributed by atoms with Crippen LogP contribution in [0.1, 0.15) is 35.7 Å². The molecule has 2 aromatic rings. The Bertz CT molecular complexity index is 792. The van der Waals surface area contributed by atoms with Gasteiger partial charge in [-0.2, -0.15) is 0 Å². The zero-order valence-corrected chi connectivity index (χ0v) is 17.7. The summed E-state index contributed by atoms with van der Waals surface area (Å²) in [6, 6.07) is 6.90. The first-order valence-corrected chi connectivity index (χ1v) is 10.4. The summed E-state index contributed by atoms with van der Waals surface area (Å²) in [5.41, 5.74) is 1.70. The molecule has 0 spiro atoms. The number of nitrogens with one attached hydrogen (secondary N) is 2. The normalized spacial score (nSPS) is 16.2. The van der Waals surface area contributed by atoms with E-state index in [2.05, 4.69) is 25.5 Å². The minimum atomic E-state index is -0.154. The highest BCUT2D eigenvalue weighted by molar-refractivity contribution is 5.79. The lowest BCUT2D eigenvalue weighted by molar-refractivity contribution is 0.164. The fourth-order valence-corrected chi connectivity index (χ4v) is 3.63. The molecule has 0 amide bonds. The minimum Gasteiger partial charge on any atom is -0.444 e. The Morgan fingerprint density at radius 3 is 2.66 bits per heavy atom. The summed E-state index contributed by atoms with van der Waals surface area (Å²) in [4.78, 5) is 11.2. The standard InChI is InChI=1S/C22H32FN5O/c1-16-17(2)29-21(27-16)15-28-12-9-18(10-13-28)14-26-22(24-3)25-11-8-19-6-4-5-7-20(19)23/h4-7,18H,8-15H2,1-3H3,(H2,24,25,26). The Labute approximate surface area is 172 Å². The molecule has 1 aromatic heterocycles. The van der Waals surface area contributed by atoms with Crippen LogP contribution in [0.3, 0.4) is 0 Å². The quantitative estimate of drug-likeness (QED) is 0.551. The summed E-state index contributed by atoms with van der Waals surface area (Å²) in [5.74, 6) is 2.96. The van der Waals surface area contributed by atoms with E-state index in [-0.39, 0.29) is 5.82 Å². The summed E-state index contributed by atoms with van der Waals surface area (Å²) in [7, 11) is 1.77. The van der Waals surface area contributed by atoms with Crippen molar-refractivity contribution < 1.29 is 8.81 Å². The van der Waals surface area contributed by atoms with Gasteiger partial charge in [0.2, 0.25) is 5.89 Å². The largest absolute Gasteiger partial charge is 0.444 e. The first-order valence-electron chi connectivity index (χ1n) is 10.4. The first kappa shape index (κ1) is 21.3. The SMILES string of the molecule is CN=C(NCCc1ccccc1F)NCC1CCN(Cc2nc(C)c(C)o2)CC1. The fourth-order valence-electron chi connectivity index (χ4n) is 3.63. The van der Waals surface area contributed by atoms with Gasteiger partial charge in [-0.15, -0.1) is 0 Å². The van der Waals surface area contributed by atoms with Crippen molar-refractivity contribution >= 4 is 5.96 Å². The zero-order valence-electron chi connectivity index (χ0n) is 17.7. The van der Waals surface area contributed by atoms with E-state index >= 15 is 0 Å². The van der Waals surface area contributed by atoms with Crippen LogP contribution in [0.15, 0.2) is 33.7 Å². The van der Waals surface area contributed by atoms with Gasteiger partial charge in [-0.25, -0.2) is 9.37 Å². The molecule has 0 saturated carbocycles. The van der Waals surface area contributed by atoms with E-state index in [0.717, 1.165) is 67.9 Å². The molecule has 2 heterocycles. The van der Waals surface area contributed by atoms with E-state index in [1.165, 1.54) is 6.07 Å². The van der Waals surface area contributed by atoms with Crippen molar-refractivity contribution in [1.29, 1.82) is 0 Å². The van der Waals surface area contributed by atoms with Crippen molar-refractivity contribution in [2.75, 3.05) is 33.2 Å². The van der Waals surface area contributed by atoms with E-state index < -0.39 is 0 Å². The molecule has 6 nitrogen and oxygen atoms in total. The number of oxazole rings is 1. The molecule has 0 atom stereocenters. The Hall–Kier alpha value is -2.41. The minimum absolute atomic E-state index is 0.154. The van der Waals surface area contributed by atoms with Crippen molar-refractivity contribution in [2.45, 2.75) is 39.7 Å². The molecule has 29 heavy (non-hydrogen) atoms. The third-order valence-corrected chi connectivity index (χ3v) is 5.57. The van der Waals surface area contributed by atoms with Gasteiger partial charge in [-0.3, -0.25) is 9.89 Å². The predicted octanol–water partition coefficient (Wildman–Crippen LogP) is 3.05. The van der Waals surface area contributed by atoms with Crippen molar-refractivity contribution in [3.63, 3.8) is 0 Å². The molecule has 1 aliphatic heterocycles. The zero-order chi connectivity index (χ0) is 20.6. The molecule has 7 heteroatoms. The number of aryl methyl sites for hydroxylation is 2. The van der Waals surface area contributed by atoms with Crippen molar-refractivity contribution in [2.24, 2.45) is 10.9 Å². The lowest BCUT2D eigenvalue weighted by atomic mass is 9.97. The number of benzene rings is 1. The van der Waals surface area contributed by atoms with Crippen LogP contribution < -0.4 is 10.6 Å². The number of hydrogen-bond acceptors (Lipinski definition) is 4. The number of nitrogens with zero attached hydrogens (tertiary/aromatic N) is 3. The highest BCUT2D eigenvalue weighted by Crippen LogP contribution is 2.19. The Morgan fingerprint density at radius 2 is 2.00 bits per heavy atom. The summed E-state index contributed by atoms with van der Waals surface area (Å²) in [6.07, 6.45) is 2.90. The fraction of sp³-hybridized carbons (Fsp3) is 0.545. The van der Waals surface area contributed by atoms with E-state index in [0.29, 0.717) is 18.9 Å². The molecule has 0 radical (unpaired) electrons. The molecule has 0 unspecified atom stereocenters. The van der Waals surface area contributed by atoms with Crippen LogP contribution >= 0.6 is 0 Å². The van der Waals surface area contributed by atoms with Gasteiger partial charge in [0.1, 0.15) is 11.6 Å². The average molecular weight is 402 g/mol. The molecule has 1 saturated heterocycles. The number of aromatic nitrogens is 1. The third-order valence-electron chi connectivity index (χ3n) is 5.57. The number of aliphatic imine (C=N–C) groups is 1. The highest BCUT2D eigenvalue weighted by atomic mass is 19.1. The second-order valence-electron chi connectivity index (χ2n) is 7.69. The maximum absolute atomic E-state index is 13.7. The van der Waals surface area contributed by atoms with Crippen LogP contribution in [0.5, 0.6) is 0 Å². The van der Waals surface area contributed by atoms with Gasteiger partial charge < -0.3 is 15.1 Å². The van der Waals surface area contributed by atoms with Gasteiger partial charge in [-0.1, -0.05) is 18.2 Å². The van der Waals surface area contributed by atoms with E-state index in [9.17, 15) is 4.39 Å². The molecule has 2 N–H and O–H groups in total. The monoisotopic (exact) mass is 401 g/mol. The van der Waals surface area contributed by atoms with Gasteiger partial charge >= 0.3 is 0 Å². The van der Waals surface area contributed by atoms with Crippen LogP contribution in [0.25, 0.3) is 0 Å². The van der Waals surface area contributed by atoms with Crippen LogP contribution in [0.2, 0.25) is 0 Å².